The van der Waals surface area contributed by atoms with Crippen LogP contribution in [0.3, 0.4) is 0 Å². The minimum Gasteiger partial charge on any atom is -0.493 e. The normalized spacial score (nSPS) is 11.3. The van der Waals surface area contributed by atoms with Crippen LogP contribution < -0.4 is 9.47 Å². The summed E-state index contributed by atoms with van der Waals surface area (Å²) in [5.41, 5.74) is 1.89. The molecule has 0 saturated carbocycles. The maximum Gasteiger partial charge on any atom is 0.163 e. The Morgan fingerprint density at radius 2 is 1.85 bits per heavy atom. The molecule has 1 heterocycles. The van der Waals surface area contributed by atoms with E-state index in [0.29, 0.717) is 17.4 Å². The van der Waals surface area contributed by atoms with Crippen LogP contribution in [0.2, 0.25) is 0 Å². The summed E-state index contributed by atoms with van der Waals surface area (Å²) in [6.07, 6.45) is 0. The van der Waals surface area contributed by atoms with E-state index in [2.05, 4.69) is 14.5 Å². The van der Waals surface area contributed by atoms with E-state index in [4.69, 9.17) is 21.1 Å². The summed E-state index contributed by atoms with van der Waals surface area (Å²) in [4.78, 5) is 6.70. The predicted octanol–water partition coefficient (Wildman–Crippen LogP) is 2.35. The smallest absolute Gasteiger partial charge is 0.163 e. The zero-order chi connectivity index (χ0) is 14.7. The largest absolute Gasteiger partial charge is 0.493 e. The second-order valence-electron chi connectivity index (χ2n) is 4.81. The zero-order valence-corrected chi connectivity index (χ0v) is 13.1. The number of methoxy groups -OCH3 is 2. The molecule has 20 heavy (non-hydrogen) atoms. The molecule has 0 fully saturated rings. The summed E-state index contributed by atoms with van der Waals surface area (Å²) in [6.45, 7) is 1.75. The Balaban J connectivity index is 2.53. The topological polar surface area (TPSA) is 39.5 Å². The van der Waals surface area contributed by atoms with Crippen LogP contribution in [0.1, 0.15) is 5.82 Å². The minimum atomic E-state index is 0.382. The Kier molecular flexibility index (Phi) is 4.73. The van der Waals surface area contributed by atoms with E-state index in [9.17, 15) is 0 Å². The fourth-order valence-electron chi connectivity index (χ4n) is 2.15. The van der Waals surface area contributed by atoms with Crippen LogP contribution in [0, 0.1) is 0 Å². The van der Waals surface area contributed by atoms with Crippen molar-refractivity contribution >= 4 is 22.6 Å². The number of alkyl halides is 1. The summed E-state index contributed by atoms with van der Waals surface area (Å²) < 4.78 is 12.8. The first kappa shape index (κ1) is 14.9. The summed E-state index contributed by atoms with van der Waals surface area (Å²) in [6, 6.07) is 3.84. The first-order valence-electron chi connectivity index (χ1n) is 6.42. The van der Waals surface area contributed by atoms with E-state index in [0.717, 1.165) is 29.9 Å². The average Bonchev–Trinajstić information content (AvgIpc) is 2.79. The van der Waals surface area contributed by atoms with Gasteiger partial charge in [0.1, 0.15) is 5.82 Å². The number of halogens is 1. The third-order valence-electron chi connectivity index (χ3n) is 3.22. The molecule has 0 saturated heterocycles. The second-order valence-corrected chi connectivity index (χ2v) is 5.08. The number of benzene rings is 1. The number of fused-ring (bicyclic) bond motifs is 1. The average molecular weight is 298 g/mol. The van der Waals surface area contributed by atoms with Gasteiger partial charge < -0.3 is 18.9 Å². The number of nitrogens with zero attached hydrogens (tertiary/aromatic N) is 3. The van der Waals surface area contributed by atoms with E-state index >= 15 is 0 Å². The van der Waals surface area contributed by atoms with E-state index in [1.165, 1.54) is 0 Å². The van der Waals surface area contributed by atoms with Gasteiger partial charge in [-0.3, -0.25) is 0 Å². The molecule has 1 aromatic heterocycles. The lowest BCUT2D eigenvalue weighted by atomic mass is 10.2. The Morgan fingerprint density at radius 1 is 1.20 bits per heavy atom. The predicted molar refractivity (Wildman–Crippen MR) is 80.9 cm³/mol. The number of imidazole rings is 1. The molecule has 5 nitrogen and oxygen atoms in total. The number of aromatic nitrogens is 2. The number of hydrogen-bond donors (Lipinski definition) is 0. The first-order chi connectivity index (χ1) is 9.60. The summed E-state index contributed by atoms with van der Waals surface area (Å²) in [5, 5.41) is 0. The molecule has 0 radical (unpaired) electrons. The van der Waals surface area contributed by atoms with Crippen molar-refractivity contribution in [3.63, 3.8) is 0 Å². The van der Waals surface area contributed by atoms with Gasteiger partial charge in [-0.15, -0.1) is 11.6 Å². The maximum absolute atomic E-state index is 6.01. The van der Waals surface area contributed by atoms with Crippen molar-refractivity contribution in [3.05, 3.63) is 18.0 Å². The number of rotatable bonds is 6. The molecular formula is C14H20ClN3O2. The van der Waals surface area contributed by atoms with Crippen LogP contribution in [-0.2, 0) is 12.4 Å². The van der Waals surface area contributed by atoms with E-state index in [1.54, 1.807) is 14.2 Å². The summed E-state index contributed by atoms with van der Waals surface area (Å²) in [7, 11) is 7.34. The van der Waals surface area contributed by atoms with Crippen LogP contribution in [0.15, 0.2) is 12.1 Å². The Hall–Kier alpha value is -1.46. The maximum atomic E-state index is 6.01. The van der Waals surface area contributed by atoms with Crippen molar-refractivity contribution in [2.45, 2.75) is 12.4 Å². The lowest BCUT2D eigenvalue weighted by Crippen LogP contribution is -2.19. The third-order valence-corrected chi connectivity index (χ3v) is 3.46. The van der Waals surface area contributed by atoms with Gasteiger partial charge in [-0.05, 0) is 14.1 Å². The van der Waals surface area contributed by atoms with Gasteiger partial charge in [-0.25, -0.2) is 4.98 Å². The molecule has 0 N–H and O–H groups in total. The zero-order valence-electron chi connectivity index (χ0n) is 12.3. The lowest BCUT2D eigenvalue weighted by Gasteiger charge is -2.13. The highest BCUT2D eigenvalue weighted by Crippen LogP contribution is 2.32. The fraction of sp³-hybridized carbons (Fsp3) is 0.500. The van der Waals surface area contributed by atoms with E-state index < -0.39 is 0 Å². The third kappa shape index (κ3) is 2.83. The van der Waals surface area contributed by atoms with E-state index in [-0.39, 0.29) is 0 Å². The molecule has 0 bridgehead atoms. The van der Waals surface area contributed by atoms with Gasteiger partial charge in [0.25, 0.3) is 0 Å². The molecule has 110 valence electrons. The highest BCUT2D eigenvalue weighted by Gasteiger charge is 2.14. The molecule has 1 aromatic carbocycles. The highest BCUT2D eigenvalue weighted by molar-refractivity contribution is 6.16. The quantitative estimate of drug-likeness (QED) is 0.767. The molecule has 2 rings (SSSR count). The molecule has 0 aliphatic rings. The van der Waals surface area contributed by atoms with Gasteiger partial charge in [0, 0.05) is 25.2 Å². The Bertz CT molecular complexity index is 596. The summed E-state index contributed by atoms with van der Waals surface area (Å²) in [5.74, 6) is 2.62. The van der Waals surface area contributed by atoms with E-state index in [1.807, 2.05) is 26.2 Å². The fourth-order valence-corrected chi connectivity index (χ4v) is 2.36. The lowest BCUT2D eigenvalue weighted by molar-refractivity contribution is 0.355. The second kappa shape index (κ2) is 6.33. The molecule has 0 aliphatic heterocycles. The number of hydrogen-bond acceptors (Lipinski definition) is 4. The number of ether oxygens (including phenoxy) is 2. The van der Waals surface area contributed by atoms with Gasteiger partial charge in [-0.1, -0.05) is 0 Å². The van der Waals surface area contributed by atoms with Crippen LogP contribution in [0.4, 0.5) is 0 Å². The number of likely N-dealkylation sites (N-methyl/N-ethyl adjacent to an activating group) is 1. The van der Waals surface area contributed by atoms with Gasteiger partial charge >= 0.3 is 0 Å². The highest BCUT2D eigenvalue weighted by atomic mass is 35.5. The molecule has 0 aliphatic carbocycles. The molecule has 6 heteroatoms. The van der Waals surface area contributed by atoms with Gasteiger partial charge in [0.15, 0.2) is 11.5 Å². The van der Waals surface area contributed by atoms with Crippen LogP contribution in [-0.4, -0.2) is 49.3 Å². The van der Waals surface area contributed by atoms with Crippen LogP contribution in [0.25, 0.3) is 11.0 Å². The SMILES string of the molecule is COc1cc2nc(CCl)n(CCN(C)C)c2cc1OC. The van der Waals surface area contributed by atoms with Crippen molar-refractivity contribution in [1.29, 1.82) is 0 Å². The van der Waals surface area contributed by atoms with Crippen LogP contribution >= 0.6 is 11.6 Å². The van der Waals surface area contributed by atoms with Crippen molar-refractivity contribution in [2.75, 3.05) is 34.9 Å². The molecule has 0 spiro atoms. The monoisotopic (exact) mass is 297 g/mol. The molecule has 0 amide bonds. The summed E-state index contributed by atoms with van der Waals surface area (Å²) >= 11 is 6.01. The van der Waals surface area contributed by atoms with Gasteiger partial charge in [0.05, 0.1) is 31.1 Å². The van der Waals surface area contributed by atoms with Gasteiger partial charge in [0.2, 0.25) is 0 Å². The molecule has 2 aromatic rings. The minimum absolute atomic E-state index is 0.382. The van der Waals surface area contributed by atoms with Crippen LogP contribution in [0.5, 0.6) is 11.5 Å². The van der Waals surface area contributed by atoms with Crippen molar-refractivity contribution < 1.29 is 9.47 Å². The van der Waals surface area contributed by atoms with Crippen molar-refractivity contribution in [1.82, 2.24) is 14.5 Å². The molecule has 0 atom stereocenters. The molecule has 0 unspecified atom stereocenters. The Labute approximate surface area is 124 Å². The first-order valence-corrected chi connectivity index (χ1v) is 6.96. The van der Waals surface area contributed by atoms with Gasteiger partial charge in [-0.2, -0.15) is 0 Å². The van der Waals surface area contributed by atoms with Crippen molar-refractivity contribution in [2.24, 2.45) is 0 Å². The van der Waals surface area contributed by atoms with Crippen molar-refractivity contribution in [3.8, 4) is 11.5 Å². The Morgan fingerprint density at radius 3 is 2.40 bits per heavy atom. The molecular weight excluding hydrogens is 278 g/mol. The standard InChI is InChI=1S/C14H20ClN3O2/c1-17(2)5-6-18-11-8-13(20-4)12(19-3)7-10(11)16-14(18)9-15/h7-8H,5-6,9H2,1-4H3.